The molecule has 2 aliphatic rings. The van der Waals surface area contributed by atoms with Crippen LogP contribution in [-0.4, -0.2) is 47.3 Å². The van der Waals surface area contributed by atoms with Gasteiger partial charge in [-0.15, -0.1) is 0 Å². The highest BCUT2D eigenvalue weighted by atomic mass is 32.2. The van der Waals surface area contributed by atoms with E-state index in [4.69, 9.17) is 0 Å². The van der Waals surface area contributed by atoms with E-state index in [1.54, 1.807) is 6.92 Å². The van der Waals surface area contributed by atoms with E-state index in [9.17, 15) is 13.2 Å². The van der Waals surface area contributed by atoms with Gasteiger partial charge in [-0.25, -0.2) is 12.7 Å². The fourth-order valence-electron chi connectivity index (χ4n) is 3.69. The first-order chi connectivity index (χ1) is 11.4. The van der Waals surface area contributed by atoms with Crippen molar-refractivity contribution in [2.75, 3.05) is 18.8 Å². The third-order valence-corrected chi connectivity index (χ3v) is 7.00. The van der Waals surface area contributed by atoms with Gasteiger partial charge in [0.05, 0.1) is 17.5 Å². The number of fused-ring (bicyclic) bond motifs is 1. The third kappa shape index (κ3) is 3.49. The summed E-state index contributed by atoms with van der Waals surface area (Å²) in [6, 6.07) is 0.0346. The summed E-state index contributed by atoms with van der Waals surface area (Å²) in [4.78, 5) is 12.6. The Morgan fingerprint density at radius 3 is 2.71 bits per heavy atom. The van der Waals surface area contributed by atoms with Crippen molar-refractivity contribution in [2.24, 2.45) is 13.0 Å². The molecule has 1 amide bonds. The maximum Gasteiger partial charge on any atom is 0.223 e. The zero-order valence-electron chi connectivity index (χ0n) is 14.4. The topological polar surface area (TPSA) is 84.3 Å². The van der Waals surface area contributed by atoms with Gasteiger partial charge in [-0.3, -0.25) is 9.48 Å². The van der Waals surface area contributed by atoms with Gasteiger partial charge in [0.2, 0.25) is 15.9 Å². The molecule has 1 saturated heterocycles. The molecule has 2 heterocycles. The molecule has 1 unspecified atom stereocenters. The standard InChI is InChI=1S/C16H26N4O3S/c1-3-24(22,23)20-9-7-12(8-10-20)16(21)17-14-5-4-6-15-13(14)11-19(2)18-15/h11-12,14H,3-10H2,1-2H3,(H,17,21). The van der Waals surface area contributed by atoms with Gasteiger partial charge < -0.3 is 5.32 Å². The first-order valence-electron chi connectivity index (χ1n) is 8.71. The maximum absolute atomic E-state index is 12.6. The quantitative estimate of drug-likeness (QED) is 0.873. The van der Waals surface area contributed by atoms with Crippen LogP contribution in [0, 0.1) is 5.92 Å². The maximum atomic E-state index is 12.6. The lowest BCUT2D eigenvalue weighted by Crippen LogP contribution is -2.44. The van der Waals surface area contributed by atoms with Crippen molar-refractivity contribution in [2.45, 2.75) is 45.1 Å². The first kappa shape index (κ1) is 17.4. The molecule has 3 rings (SSSR count). The monoisotopic (exact) mass is 354 g/mol. The van der Waals surface area contributed by atoms with Crippen molar-refractivity contribution < 1.29 is 13.2 Å². The van der Waals surface area contributed by atoms with Crippen molar-refractivity contribution >= 4 is 15.9 Å². The molecule has 1 aromatic rings. The minimum absolute atomic E-state index is 0.0346. The highest BCUT2D eigenvalue weighted by molar-refractivity contribution is 7.89. The predicted octanol–water partition coefficient (Wildman–Crippen LogP) is 0.975. The van der Waals surface area contributed by atoms with Gasteiger partial charge in [-0.1, -0.05) is 0 Å². The lowest BCUT2D eigenvalue weighted by Gasteiger charge is -2.31. The van der Waals surface area contributed by atoms with Crippen LogP contribution in [0.15, 0.2) is 6.20 Å². The number of hydrogen-bond acceptors (Lipinski definition) is 4. The van der Waals surface area contributed by atoms with Gasteiger partial charge in [0.25, 0.3) is 0 Å². The van der Waals surface area contributed by atoms with Crippen LogP contribution in [0.3, 0.4) is 0 Å². The Balaban J connectivity index is 1.59. The number of nitrogens with zero attached hydrogens (tertiary/aromatic N) is 3. The summed E-state index contributed by atoms with van der Waals surface area (Å²) < 4.78 is 27.1. The van der Waals surface area contributed by atoms with Gasteiger partial charge >= 0.3 is 0 Å². The lowest BCUT2D eigenvalue weighted by atomic mass is 9.91. The van der Waals surface area contributed by atoms with Gasteiger partial charge in [-0.2, -0.15) is 5.10 Å². The highest BCUT2D eigenvalue weighted by Gasteiger charge is 2.32. The summed E-state index contributed by atoms with van der Waals surface area (Å²) in [5.41, 5.74) is 2.21. The second-order valence-electron chi connectivity index (χ2n) is 6.73. The SMILES string of the molecule is CCS(=O)(=O)N1CCC(C(=O)NC2CCCc3nn(C)cc32)CC1. The molecular formula is C16H26N4O3S. The molecule has 1 aliphatic carbocycles. The van der Waals surface area contributed by atoms with Gasteiger partial charge in [-0.05, 0) is 39.0 Å². The van der Waals surface area contributed by atoms with Crippen LogP contribution in [0.2, 0.25) is 0 Å². The number of carbonyl (C=O) groups is 1. The fraction of sp³-hybridized carbons (Fsp3) is 0.750. The lowest BCUT2D eigenvalue weighted by molar-refractivity contribution is -0.127. The summed E-state index contributed by atoms with van der Waals surface area (Å²) >= 11 is 0. The van der Waals surface area contributed by atoms with E-state index in [1.807, 2.05) is 17.9 Å². The van der Waals surface area contributed by atoms with Crippen molar-refractivity contribution in [3.8, 4) is 0 Å². The smallest absolute Gasteiger partial charge is 0.223 e. The molecule has 1 N–H and O–H groups in total. The van der Waals surface area contributed by atoms with Gasteiger partial charge in [0.1, 0.15) is 0 Å². The molecular weight excluding hydrogens is 328 g/mol. The van der Waals surface area contributed by atoms with Crippen LogP contribution in [0.1, 0.15) is 49.9 Å². The number of sulfonamides is 1. The largest absolute Gasteiger partial charge is 0.349 e. The van der Waals surface area contributed by atoms with Gasteiger partial charge in [0.15, 0.2) is 0 Å². The molecule has 1 aromatic heterocycles. The second kappa shape index (κ2) is 6.84. The Morgan fingerprint density at radius 2 is 2.04 bits per heavy atom. The number of aryl methyl sites for hydroxylation is 2. The summed E-state index contributed by atoms with van der Waals surface area (Å²) in [5.74, 6) is 0.0658. The van der Waals surface area contributed by atoms with Crippen LogP contribution in [0.25, 0.3) is 0 Å². The average molecular weight is 354 g/mol. The molecule has 8 heteroatoms. The molecule has 24 heavy (non-hydrogen) atoms. The molecule has 0 spiro atoms. The number of hydrogen-bond donors (Lipinski definition) is 1. The zero-order chi connectivity index (χ0) is 17.3. The Kier molecular flexibility index (Phi) is 4.96. The molecule has 134 valence electrons. The van der Waals surface area contributed by atoms with E-state index in [0.29, 0.717) is 25.9 Å². The van der Waals surface area contributed by atoms with Crippen molar-refractivity contribution in [1.29, 1.82) is 0 Å². The Hall–Kier alpha value is -1.41. The molecule has 0 radical (unpaired) electrons. The van der Waals surface area contributed by atoms with Gasteiger partial charge in [0, 0.05) is 37.8 Å². The summed E-state index contributed by atoms with van der Waals surface area (Å²) in [6.07, 6.45) is 6.12. The second-order valence-corrected chi connectivity index (χ2v) is 8.99. The number of nitrogens with one attached hydrogen (secondary N) is 1. The number of amides is 1. The van der Waals surface area contributed by atoms with Crippen molar-refractivity contribution in [3.05, 3.63) is 17.5 Å². The van der Waals surface area contributed by atoms with E-state index in [2.05, 4.69) is 10.4 Å². The summed E-state index contributed by atoms with van der Waals surface area (Å²) in [6.45, 7) is 2.54. The molecule has 0 saturated carbocycles. The first-order valence-corrected chi connectivity index (χ1v) is 10.3. The van der Waals surface area contributed by atoms with E-state index < -0.39 is 10.0 Å². The van der Waals surface area contributed by atoms with E-state index in [1.165, 1.54) is 4.31 Å². The Labute approximate surface area is 143 Å². The summed E-state index contributed by atoms with van der Waals surface area (Å²) in [7, 11) is -1.24. The van der Waals surface area contributed by atoms with Crippen LogP contribution in [0.4, 0.5) is 0 Å². The van der Waals surface area contributed by atoms with Crippen LogP contribution in [-0.2, 0) is 28.3 Å². The minimum atomic E-state index is -3.14. The van der Waals surface area contributed by atoms with Crippen molar-refractivity contribution in [3.63, 3.8) is 0 Å². The number of aromatic nitrogens is 2. The number of carbonyl (C=O) groups excluding carboxylic acids is 1. The zero-order valence-corrected chi connectivity index (χ0v) is 15.2. The average Bonchev–Trinajstić information content (AvgIpc) is 2.96. The predicted molar refractivity (Wildman–Crippen MR) is 90.8 cm³/mol. The minimum Gasteiger partial charge on any atom is -0.349 e. The number of rotatable bonds is 4. The fourth-order valence-corrected chi connectivity index (χ4v) is 4.82. The molecule has 1 fully saturated rings. The highest BCUT2D eigenvalue weighted by Crippen LogP contribution is 2.29. The molecule has 7 nitrogen and oxygen atoms in total. The molecule has 1 aliphatic heterocycles. The molecule has 1 atom stereocenters. The van der Waals surface area contributed by atoms with E-state index >= 15 is 0 Å². The van der Waals surface area contributed by atoms with E-state index in [0.717, 1.165) is 30.5 Å². The van der Waals surface area contributed by atoms with Crippen LogP contribution in [0.5, 0.6) is 0 Å². The number of piperidine rings is 1. The third-order valence-electron chi connectivity index (χ3n) is 5.12. The normalized spacial score (nSPS) is 23.0. The van der Waals surface area contributed by atoms with E-state index in [-0.39, 0.29) is 23.6 Å². The Morgan fingerprint density at radius 1 is 1.33 bits per heavy atom. The molecule has 0 bridgehead atoms. The van der Waals surface area contributed by atoms with Crippen LogP contribution >= 0.6 is 0 Å². The van der Waals surface area contributed by atoms with Crippen LogP contribution < -0.4 is 5.32 Å². The van der Waals surface area contributed by atoms with Crippen molar-refractivity contribution in [1.82, 2.24) is 19.4 Å². The summed E-state index contributed by atoms with van der Waals surface area (Å²) in [5, 5.41) is 7.63. The Bertz CT molecular complexity index is 705. The molecule has 0 aromatic carbocycles.